The van der Waals surface area contributed by atoms with Crippen LogP contribution >= 0.6 is 0 Å². The second kappa shape index (κ2) is 9.48. The first-order chi connectivity index (χ1) is 9.61. The Labute approximate surface area is 120 Å². The third-order valence-corrected chi connectivity index (χ3v) is 3.29. The summed E-state index contributed by atoms with van der Waals surface area (Å²) in [5, 5.41) is 8.80. The van der Waals surface area contributed by atoms with Gasteiger partial charge in [0.05, 0.1) is 6.42 Å². The van der Waals surface area contributed by atoms with E-state index in [2.05, 4.69) is 11.8 Å². The number of carboxylic acid groups (broad SMARTS) is 1. The van der Waals surface area contributed by atoms with Gasteiger partial charge in [-0.05, 0) is 30.7 Å². The molecule has 0 bridgehead atoms. The zero-order chi connectivity index (χ0) is 14.8. The summed E-state index contributed by atoms with van der Waals surface area (Å²) in [5.41, 5.74) is 1.02. The van der Waals surface area contributed by atoms with Gasteiger partial charge < -0.3 is 5.11 Å². The largest absolute Gasteiger partial charge is 0.481 e. The molecule has 0 aliphatic carbocycles. The Bertz CT molecular complexity index is 392. The maximum absolute atomic E-state index is 12.9. The molecule has 0 amide bonds. The number of nitrogens with zero attached hydrogens (tertiary/aromatic N) is 1. The lowest BCUT2D eigenvalue weighted by Gasteiger charge is -2.21. The van der Waals surface area contributed by atoms with Gasteiger partial charge in [0.2, 0.25) is 0 Å². The topological polar surface area (TPSA) is 40.5 Å². The summed E-state index contributed by atoms with van der Waals surface area (Å²) in [6.07, 6.45) is 4.80. The first-order valence-corrected chi connectivity index (χ1v) is 7.30. The number of aliphatic carboxylic acids is 1. The van der Waals surface area contributed by atoms with Crippen molar-refractivity contribution in [2.75, 3.05) is 13.1 Å². The minimum atomic E-state index is -0.775. The highest BCUT2D eigenvalue weighted by molar-refractivity contribution is 5.66. The minimum Gasteiger partial charge on any atom is -0.481 e. The molecule has 0 radical (unpaired) electrons. The van der Waals surface area contributed by atoms with Crippen LogP contribution in [0.5, 0.6) is 0 Å². The van der Waals surface area contributed by atoms with Crippen LogP contribution in [-0.4, -0.2) is 29.1 Å². The monoisotopic (exact) mass is 281 g/mol. The summed E-state index contributed by atoms with van der Waals surface area (Å²) >= 11 is 0. The minimum absolute atomic E-state index is 0.148. The van der Waals surface area contributed by atoms with Crippen molar-refractivity contribution in [3.63, 3.8) is 0 Å². The fourth-order valence-corrected chi connectivity index (χ4v) is 2.13. The molecule has 0 aliphatic heterocycles. The van der Waals surface area contributed by atoms with Gasteiger partial charge in [0, 0.05) is 13.1 Å². The van der Waals surface area contributed by atoms with E-state index < -0.39 is 5.97 Å². The lowest BCUT2D eigenvalue weighted by Crippen LogP contribution is -2.27. The molecule has 0 spiro atoms. The molecule has 3 nitrogen and oxygen atoms in total. The van der Waals surface area contributed by atoms with Crippen LogP contribution in [0.3, 0.4) is 0 Å². The van der Waals surface area contributed by atoms with Crippen molar-refractivity contribution in [1.29, 1.82) is 0 Å². The van der Waals surface area contributed by atoms with E-state index in [4.69, 9.17) is 5.11 Å². The summed E-state index contributed by atoms with van der Waals surface area (Å²) in [6.45, 7) is 4.28. The van der Waals surface area contributed by atoms with E-state index in [9.17, 15) is 9.18 Å². The third kappa shape index (κ3) is 7.24. The van der Waals surface area contributed by atoms with Gasteiger partial charge in [-0.25, -0.2) is 4.39 Å². The molecule has 0 fully saturated rings. The summed E-state index contributed by atoms with van der Waals surface area (Å²) in [4.78, 5) is 12.8. The zero-order valence-electron chi connectivity index (χ0n) is 12.1. The third-order valence-electron chi connectivity index (χ3n) is 3.29. The Morgan fingerprint density at radius 3 is 2.45 bits per heavy atom. The van der Waals surface area contributed by atoms with Crippen molar-refractivity contribution in [2.24, 2.45) is 0 Å². The number of rotatable bonds is 10. The normalized spacial score (nSPS) is 10.9. The predicted octanol–water partition coefficient (Wildman–Crippen LogP) is 3.68. The molecule has 1 aromatic carbocycles. The fourth-order valence-electron chi connectivity index (χ4n) is 2.13. The highest BCUT2D eigenvalue weighted by Crippen LogP contribution is 2.09. The summed E-state index contributed by atoms with van der Waals surface area (Å²) in [6, 6.07) is 6.41. The van der Waals surface area contributed by atoms with Crippen molar-refractivity contribution in [3.05, 3.63) is 35.6 Å². The number of halogens is 1. The van der Waals surface area contributed by atoms with E-state index in [0.29, 0.717) is 13.1 Å². The molecule has 0 aromatic heterocycles. The molecule has 4 heteroatoms. The van der Waals surface area contributed by atoms with Crippen LogP contribution < -0.4 is 0 Å². The van der Waals surface area contributed by atoms with Crippen LogP contribution in [0.4, 0.5) is 4.39 Å². The van der Waals surface area contributed by atoms with Gasteiger partial charge in [-0.3, -0.25) is 9.69 Å². The SMILES string of the molecule is CCCCCCN(CCC(=O)O)Cc1ccc(F)cc1. The van der Waals surface area contributed by atoms with Crippen molar-refractivity contribution >= 4 is 5.97 Å². The molecule has 0 aliphatic rings. The van der Waals surface area contributed by atoms with Gasteiger partial charge in [-0.1, -0.05) is 38.3 Å². The lowest BCUT2D eigenvalue weighted by molar-refractivity contribution is -0.137. The highest BCUT2D eigenvalue weighted by Gasteiger charge is 2.08. The zero-order valence-corrected chi connectivity index (χ0v) is 12.1. The van der Waals surface area contributed by atoms with E-state index in [1.807, 2.05) is 0 Å². The van der Waals surface area contributed by atoms with Crippen LogP contribution in [0.15, 0.2) is 24.3 Å². The molecule has 112 valence electrons. The molecular weight excluding hydrogens is 257 g/mol. The van der Waals surface area contributed by atoms with Crippen LogP contribution in [0, 0.1) is 5.82 Å². The first kappa shape index (κ1) is 16.6. The van der Waals surface area contributed by atoms with Crippen LogP contribution in [0.25, 0.3) is 0 Å². The van der Waals surface area contributed by atoms with Gasteiger partial charge >= 0.3 is 5.97 Å². The Morgan fingerprint density at radius 1 is 1.15 bits per heavy atom. The van der Waals surface area contributed by atoms with E-state index in [-0.39, 0.29) is 12.2 Å². The molecule has 0 heterocycles. The second-order valence-electron chi connectivity index (χ2n) is 5.11. The van der Waals surface area contributed by atoms with E-state index in [0.717, 1.165) is 18.5 Å². The summed E-state index contributed by atoms with van der Waals surface area (Å²) in [5.74, 6) is -1.02. The Hall–Kier alpha value is -1.42. The van der Waals surface area contributed by atoms with Crippen molar-refractivity contribution < 1.29 is 14.3 Å². The Kier molecular flexibility index (Phi) is 7.88. The number of hydrogen-bond donors (Lipinski definition) is 1. The Morgan fingerprint density at radius 2 is 1.85 bits per heavy atom. The van der Waals surface area contributed by atoms with Crippen molar-refractivity contribution in [3.8, 4) is 0 Å². The highest BCUT2D eigenvalue weighted by atomic mass is 19.1. The summed E-state index contributed by atoms with van der Waals surface area (Å²) < 4.78 is 12.9. The number of unbranched alkanes of at least 4 members (excludes halogenated alkanes) is 3. The van der Waals surface area contributed by atoms with E-state index in [1.54, 1.807) is 12.1 Å². The van der Waals surface area contributed by atoms with Crippen molar-refractivity contribution in [1.82, 2.24) is 4.90 Å². The van der Waals surface area contributed by atoms with Gasteiger partial charge in [-0.15, -0.1) is 0 Å². The van der Waals surface area contributed by atoms with Gasteiger partial charge in [-0.2, -0.15) is 0 Å². The number of hydrogen-bond acceptors (Lipinski definition) is 2. The van der Waals surface area contributed by atoms with E-state index in [1.165, 1.54) is 31.4 Å². The Balaban J connectivity index is 2.47. The maximum atomic E-state index is 12.9. The maximum Gasteiger partial charge on any atom is 0.304 e. The molecular formula is C16H24FNO2. The standard InChI is InChI=1S/C16H24FNO2/c1-2-3-4-5-11-18(12-10-16(19)20)13-14-6-8-15(17)9-7-14/h6-9H,2-5,10-13H2,1H3,(H,19,20). The molecule has 1 aromatic rings. The van der Waals surface area contributed by atoms with Crippen LogP contribution in [0.2, 0.25) is 0 Å². The molecule has 20 heavy (non-hydrogen) atoms. The number of carboxylic acids is 1. The molecule has 0 unspecified atom stereocenters. The van der Waals surface area contributed by atoms with Crippen LogP contribution in [-0.2, 0) is 11.3 Å². The quantitative estimate of drug-likeness (QED) is 0.665. The second-order valence-corrected chi connectivity index (χ2v) is 5.11. The summed E-state index contributed by atoms with van der Waals surface area (Å²) in [7, 11) is 0. The van der Waals surface area contributed by atoms with Crippen LogP contribution in [0.1, 0.15) is 44.6 Å². The van der Waals surface area contributed by atoms with Gasteiger partial charge in [0.1, 0.15) is 5.82 Å². The average molecular weight is 281 g/mol. The smallest absolute Gasteiger partial charge is 0.304 e. The van der Waals surface area contributed by atoms with Crippen molar-refractivity contribution in [2.45, 2.75) is 45.6 Å². The predicted molar refractivity (Wildman–Crippen MR) is 78.1 cm³/mol. The lowest BCUT2D eigenvalue weighted by atomic mass is 10.1. The molecule has 0 atom stereocenters. The molecule has 1 N–H and O–H groups in total. The molecule has 1 rings (SSSR count). The average Bonchev–Trinajstić information content (AvgIpc) is 2.43. The molecule has 0 saturated heterocycles. The first-order valence-electron chi connectivity index (χ1n) is 7.30. The van der Waals surface area contributed by atoms with Gasteiger partial charge in [0.25, 0.3) is 0 Å². The van der Waals surface area contributed by atoms with Gasteiger partial charge in [0.15, 0.2) is 0 Å². The number of benzene rings is 1. The van der Waals surface area contributed by atoms with E-state index >= 15 is 0 Å². The fraction of sp³-hybridized carbons (Fsp3) is 0.562. The molecule has 0 saturated carbocycles. The number of carbonyl (C=O) groups is 1.